The average Bonchev–Trinajstić information content (AvgIpc) is 2.26. The van der Waals surface area contributed by atoms with Crippen LogP contribution in [0.1, 0.15) is 42.6 Å². The summed E-state index contributed by atoms with van der Waals surface area (Å²) in [5, 5.41) is 11.7. The summed E-state index contributed by atoms with van der Waals surface area (Å²) in [5.41, 5.74) is 1.55. The van der Waals surface area contributed by atoms with E-state index >= 15 is 0 Å². The molecule has 0 saturated carbocycles. The summed E-state index contributed by atoms with van der Waals surface area (Å²) in [4.78, 5) is 22.5. The minimum absolute atomic E-state index is 0.0359. The Morgan fingerprint density at radius 2 is 2.00 bits per heavy atom. The van der Waals surface area contributed by atoms with Crippen LogP contribution in [0.3, 0.4) is 0 Å². The Bertz CT molecular complexity index is 452. The fourth-order valence-corrected chi connectivity index (χ4v) is 1.62. The van der Waals surface area contributed by atoms with Gasteiger partial charge in [-0.2, -0.15) is 0 Å². The van der Waals surface area contributed by atoms with Gasteiger partial charge in [-0.25, -0.2) is 4.79 Å². The maximum atomic E-state index is 11.6. The van der Waals surface area contributed by atoms with Gasteiger partial charge in [0.05, 0.1) is 5.56 Å². The van der Waals surface area contributed by atoms with Crippen LogP contribution in [-0.4, -0.2) is 17.0 Å². The molecule has 0 heterocycles. The molecule has 4 nitrogen and oxygen atoms in total. The minimum atomic E-state index is -0.954. The van der Waals surface area contributed by atoms with Crippen molar-refractivity contribution in [3.8, 4) is 0 Å². The molecule has 2 N–H and O–H groups in total. The molecule has 0 atom stereocenters. The normalized spacial score (nSPS) is 10.4. The van der Waals surface area contributed by atoms with Gasteiger partial charge in [-0.15, -0.1) is 0 Å². The first-order valence-corrected chi connectivity index (χ1v) is 6.04. The van der Waals surface area contributed by atoms with Crippen LogP contribution in [0, 0.1) is 12.8 Å². The number of nitrogens with one attached hydrogen (secondary N) is 1. The summed E-state index contributed by atoms with van der Waals surface area (Å²) in [5.74, 6) is -0.497. The fraction of sp³-hybridized carbons (Fsp3) is 0.429. The van der Waals surface area contributed by atoms with Gasteiger partial charge in [0, 0.05) is 12.1 Å². The van der Waals surface area contributed by atoms with Crippen molar-refractivity contribution in [2.24, 2.45) is 5.92 Å². The SMILES string of the molecule is Cc1cc(NC(=O)CCC(C)C)ccc1C(=O)O. The van der Waals surface area contributed by atoms with Gasteiger partial charge in [-0.1, -0.05) is 13.8 Å². The van der Waals surface area contributed by atoms with E-state index in [0.717, 1.165) is 6.42 Å². The van der Waals surface area contributed by atoms with Crippen molar-refractivity contribution in [1.82, 2.24) is 0 Å². The van der Waals surface area contributed by atoms with Gasteiger partial charge in [0.1, 0.15) is 0 Å². The lowest BCUT2D eigenvalue weighted by atomic mass is 10.1. The van der Waals surface area contributed by atoms with Crippen LogP contribution in [-0.2, 0) is 4.79 Å². The highest BCUT2D eigenvalue weighted by Gasteiger charge is 2.09. The highest BCUT2D eigenvalue weighted by Crippen LogP contribution is 2.16. The molecule has 0 aliphatic rings. The standard InChI is InChI=1S/C14H19NO3/c1-9(2)4-7-13(16)15-11-5-6-12(14(17)18)10(3)8-11/h5-6,8-9H,4,7H2,1-3H3,(H,15,16)(H,17,18). The molecule has 1 amide bonds. The Morgan fingerprint density at radius 1 is 1.33 bits per heavy atom. The van der Waals surface area contributed by atoms with Crippen molar-refractivity contribution >= 4 is 17.6 Å². The number of rotatable bonds is 5. The molecule has 98 valence electrons. The number of hydrogen-bond acceptors (Lipinski definition) is 2. The van der Waals surface area contributed by atoms with Crippen molar-refractivity contribution in [2.45, 2.75) is 33.6 Å². The molecule has 0 saturated heterocycles. The number of carbonyl (C=O) groups is 2. The van der Waals surface area contributed by atoms with Crippen LogP contribution in [0.4, 0.5) is 5.69 Å². The Morgan fingerprint density at radius 3 is 2.50 bits per heavy atom. The van der Waals surface area contributed by atoms with E-state index in [4.69, 9.17) is 5.11 Å². The molecular weight excluding hydrogens is 230 g/mol. The zero-order valence-electron chi connectivity index (χ0n) is 11.0. The smallest absolute Gasteiger partial charge is 0.335 e. The van der Waals surface area contributed by atoms with E-state index in [9.17, 15) is 9.59 Å². The molecule has 1 rings (SSSR count). The van der Waals surface area contributed by atoms with E-state index in [1.54, 1.807) is 19.1 Å². The molecule has 1 aromatic carbocycles. The highest BCUT2D eigenvalue weighted by atomic mass is 16.4. The summed E-state index contributed by atoms with van der Waals surface area (Å²) in [6.45, 7) is 5.85. The van der Waals surface area contributed by atoms with E-state index in [1.807, 2.05) is 0 Å². The third-order valence-corrected chi connectivity index (χ3v) is 2.69. The summed E-state index contributed by atoms with van der Waals surface area (Å²) >= 11 is 0. The van der Waals surface area contributed by atoms with Gasteiger partial charge in [-0.05, 0) is 43.0 Å². The Balaban J connectivity index is 2.66. The number of carbonyl (C=O) groups excluding carboxylic acids is 1. The Labute approximate surface area is 107 Å². The van der Waals surface area contributed by atoms with Gasteiger partial charge >= 0.3 is 5.97 Å². The molecule has 4 heteroatoms. The largest absolute Gasteiger partial charge is 0.478 e. The van der Waals surface area contributed by atoms with Crippen LogP contribution in [0.5, 0.6) is 0 Å². The molecule has 0 aliphatic carbocycles. The molecule has 0 spiro atoms. The first kappa shape index (κ1) is 14.2. The highest BCUT2D eigenvalue weighted by molar-refractivity contribution is 5.93. The van der Waals surface area contributed by atoms with Crippen molar-refractivity contribution in [3.63, 3.8) is 0 Å². The number of aromatic carboxylic acids is 1. The molecule has 0 unspecified atom stereocenters. The lowest BCUT2D eigenvalue weighted by Gasteiger charge is -2.08. The quantitative estimate of drug-likeness (QED) is 0.842. The molecule has 0 bridgehead atoms. The van der Waals surface area contributed by atoms with Crippen molar-refractivity contribution in [3.05, 3.63) is 29.3 Å². The van der Waals surface area contributed by atoms with E-state index in [2.05, 4.69) is 19.2 Å². The van der Waals surface area contributed by atoms with Crippen LogP contribution in [0.2, 0.25) is 0 Å². The summed E-state index contributed by atoms with van der Waals surface area (Å²) in [7, 11) is 0. The minimum Gasteiger partial charge on any atom is -0.478 e. The molecule has 0 aromatic heterocycles. The fourth-order valence-electron chi connectivity index (χ4n) is 1.62. The molecule has 18 heavy (non-hydrogen) atoms. The second-order valence-electron chi connectivity index (χ2n) is 4.82. The number of anilines is 1. The van der Waals surface area contributed by atoms with Crippen LogP contribution >= 0.6 is 0 Å². The molecule has 0 aliphatic heterocycles. The van der Waals surface area contributed by atoms with Crippen molar-refractivity contribution in [2.75, 3.05) is 5.32 Å². The zero-order valence-corrected chi connectivity index (χ0v) is 11.0. The predicted octanol–water partition coefficient (Wildman–Crippen LogP) is 3.07. The van der Waals surface area contributed by atoms with Crippen molar-refractivity contribution in [1.29, 1.82) is 0 Å². The van der Waals surface area contributed by atoms with E-state index in [-0.39, 0.29) is 11.5 Å². The number of aryl methyl sites for hydroxylation is 1. The Kier molecular flexibility index (Phi) is 4.89. The van der Waals surface area contributed by atoms with Gasteiger partial charge < -0.3 is 10.4 Å². The maximum Gasteiger partial charge on any atom is 0.335 e. The first-order chi connectivity index (χ1) is 8.40. The summed E-state index contributed by atoms with van der Waals surface area (Å²) in [6, 6.07) is 4.80. The Hall–Kier alpha value is -1.84. The summed E-state index contributed by atoms with van der Waals surface area (Å²) in [6.07, 6.45) is 1.33. The van der Waals surface area contributed by atoms with E-state index in [1.165, 1.54) is 6.07 Å². The zero-order chi connectivity index (χ0) is 13.7. The average molecular weight is 249 g/mol. The summed E-state index contributed by atoms with van der Waals surface area (Å²) < 4.78 is 0. The van der Waals surface area contributed by atoms with E-state index < -0.39 is 5.97 Å². The lowest BCUT2D eigenvalue weighted by Crippen LogP contribution is -2.12. The number of carboxylic acid groups (broad SMARTS) is 1. The second kappa shape index (κ2) is 6.19. The number of amides is 1. The molecule has 0 fully saturated rings. The third-order valence-electron chi connectivity index (χ3n) is 2.69. The second-order valence-corrected chi connectivity index (χ2v) is 4.82. The first-order valence-electron chi connectivity index (χ1n) is 6.04. The van der Waals surface area contributed by atoms with E-state index in [0.29, 0.717) is 23.6 Å². The van der Waals surface area contributed by atoms with Crippen molar-refractivity contribution < 1.29 is 14.7 Å². The van der Waals surface area contributed by atoms with Gasteiger partial charge in [0.25, 0.3) is 0 Å². The maximum absolute atomic E-state index is 11.6. The van der Waals surface area contributed by atoms with Gasteiger partial charge in [-0.3, -0.25) is 4.79 Å². The van der Waals surface area contributed by atoms with Gasteiger partial charge in [0.2, 0.25) is 5.91 Å². The monoisotopic (exact) mass is 249 g/mol. The number of carboxylic acids is 1. The predicted molar refractivity (Wildman–Crippen MR) is 70.8 cm³/mol. The van der Waals surface area contributed by atoms with Crippen LogP contribution in [0.15, 0.2) is 18.2 Å². The molecular formula is C14H19NO3. The third kappa shape index (κ3) is 4.20. The lowest BCUT2D eigenvalue weighted by molar-refractivity contribution is -0.116. The van der Waals surface area contributed by atoms with Crippen LogP contribution in [0.25, 0.3) is 0 Å². The topological polar surface area (TPSA) is 66.4 Å². The van der Waals surface area contributed by atoms with Crippen LogP contribution < -0.4 is 5.32 Å². The number of hydrogen-bond donors (Lipinski definition) is 2. The molecule has 0 radical (unpaired) electrons. The molecule has 1 aromatic rings. The number of benzene rings is 1. The van der Waals surface area contributed by atoms with Gasteiger partial charge in [0.15, 0.2) is 0 Å².